The first-order valence-corrected chi connectivity index (χ1v) is 17.0. The van der Waals surface area contributed by atoms with Gasteiger partial charge < -0.3 is 0 Å². The molecule has 0 saturated heterocycles. The Morgan fingerprint density at radius 1 is 0.529 bits per heavy atom. The summed E-state index contributed by atoms with van der Waals surface area (Å²) in [7, 11) is 0. The van der Waals surface area contributed by atoms with E-state index in [1.54, 1.807) is 0 Å². The molecule has 5 heteroatoms. The Kier molecular flexibility index (Phi) is 18.6. The van der Waals surface area contributed by atoms with Crippen molar-refractivity contribution < 1.29 is 19.5 Å². The van der Waals surface area contributed by atoms with Gasteiger partial charge in [-0.05, 0) is 0 Å². The van der Waals surface area contributed by atoms with Crippen molar-refractivity contribution in [3.63, 3.8) is 0 Å². The zero-order chi connectivity index (χ0) is 13.2. The molecule has 0 heterocycles. The molecule has 0 aliphatic carbocycles. The predicted molar refractivity (Wildman–Crippen MR) is 85.9 cm³/mol. The minimum absolute atomic E-state index is 0. The Morgan fingerprint density at radius 3 is 0.647 bits per heavy atom. The first-order valence-electron chi connectivity index (χ1n) is 6.77. The maximum atomic E-state index is 3.38. The van der Waals surface area contributed by atoms with Gasteiger partial charge in [0.25, 0.3) is 0 Å². The van der Waals surface area contributed by atoms with Gasteiger partial charge in [0.1, 0.15) is 0 Å². The van der Waals surface area contributed by atoms with Gasteiger partial charge in [0, 0.05) is 19.5 Å². The standard InChI is InChI=1S/2C6H15SeSi.Zn/c2*1-4-8(7,5-2)6-3;/h2*4-6H2,1-3H3;. The molecule has 0 aromatic rings. The number of hydrogen-bond donors (Lipinski definition) is 0. The summed E-state index contributed by atoms with van der Waals surface area (Å²) in [4.78, 5) is 0. The van der Waals surface area contributed by atoms with Gasteiger partial charge in [0.2, 0.25) is 0 Å². The average Bonchev–Trinajstić information content (AvgIpc) is 2.37. The van der Waals surface area contributed by atoms with E-state index in [9.17, 15) is 0 Å². The second kappa shape index (κ2) is 13.1. The van der Waals surface area contributed by atoms with Crippen LogP contribution in [0.1, 0.15) is 41.5 Å². The van der Waals surface area contributed by atoms with Gasteiger partial charge in [-0.15, -0.1) is 0 Å². The van der Waals surface area contributed by atoms with E-state index in [1.165, 1.54) is 36.3 Å². The summed E-state index contributed by atoms with van der Waals surface area (Å²) >= 11 is 6.76. The van der Waals surface area contributed by atoms with Crippen molar-refractivity contribution >= 4 is 44.1 Å². The second-order valence-electron chi connectivity index (χ2n) is 4.49. The van der Waals surface area contributed by atoms with Crippen LogP contribution in [-0.2, 0) is 19.5 Å². The Balaban J connectivity index is -0.000000218. The fourth-order valence-corrected chi connectivity index (χ4v) is 4.50. The van der Waals surface area contributed by atoms with E-state index in [2.05, 4.69) is 72.3 Å². The summed E-state index contributed by atoms with van der Waals surface area (Å²) in [6.07, 6.45) is 0. The molecular formula is C12H30Se2Si2Zn. The number of hydrogen-bond acceptors (Lipinski definition) is 0. The van der Waals surface area contributed by atoms with Crippen LogP contribution in [0.25, 0.3) is 0 Å². The quantitative estimate of drug-likeness (QED) is 0.526. The van der Waals surface area contributed by atoms with Gasteiger partial charge in [-0.1, -0.05) is 0 Å². The summed E-state index contributed by atoms with van der Waals surface area (Å²) in [5.74, 6) is 0. The Morgan fingerprint density at radius 2 is 0.647 bits per heavy atom. The van der Waals surface area contributed by atoms with Gasteiger partial charge in [-0.3, -0.25) is 0 Å². The summed E-state index contributed by atoms with van der Waals surface area (Å²) < 4.78 is 0. The molecule has 0 amide bonds. The van der Waals surface area contributed by atoms with Crippen LogP contribution in [-0.4, -0.2) is 44.1 Å². The Labute approximate surface area is 140 Å². The maximum Gasteiger partial charge on any atom is 0 e. The van der Waals surface area contributed by atoms with Crippen molar-refractivity contribution in [2.24, 2.45) is 0 Å². The van der Waals surface area contributed by atoms with E-state index in [4.69, 9.17) is 0 Å². The van der Waals surface area contributed by atoms with Crippen molar-refractivity contribution in [3.05, 3.63) is 0 Å². The van der Waals surface area contributed by atoms with E-state index in [1.807, 2.05) is 0 Å². The molecule has 17 heavy (non-hydrogen) atoms. The third-order valence-corrected chi connectivity index (χ3v) is 22.5. The molecule has 0 nitrogen and oxygen atoms in total. The summed E-state index contributed by atoms with van der Waals surface area (Å²) in [5, 5.41) is 0. The molecule has 0 aromatic carbocycles. The van der Waals surface area contributed by atoms with Crippen LogP contribution in [0, 0.1) is 0 Å². The van der Waals surface area contributed by atoms with Crippen LogP contribution >= 0.6 is 0 Å². The van der Waals surface area contributed by atoms with E-state index in [-0.39, 0.29) is 19.5 Å². The second-order valence-corrected chi connectivity index (χ2v) is 24.4. The topological polar surface area (TPSA) is 0 Å². The largest absolute Gasteiger partial charge is 0 e. The molecule has 0 aromatic heterocycles. The molecule has 0 rings (SSSR count). The summed E-state index contributed by atoms with van der Waals surface area (Å²) in [5.41, 5.74) is 0. The predicted octanol–water partition coefficient (Wildman–Crippen LogP) is 4.32. The van der Waals surface area contributed by atoms with Gasteiger partial charge in [-0.25, -0.2) is 0 Å². The molecule has 100 valence electrons. The van der Waals surface area contributed by atoms with Crippen LogP contribution in [0.5, 0.6) is 0 Å². The maximum absolute atomic E-state index is 3.38. The van der Waals surface area contributed by atoms with Gasteiger partial charge in [-0.2, -0.15) is 0 Å². The summed E-state index contributed by atoms with van der Waals surface area (Å²) in [6, 6.07) is 8.42. The minimum Gasteiger partial charge on any atom is 0 e. The average molecular weight is 454 g/mol. The van der Waals surface area contributed by atoms with Gasteiger partial charge in [0.15, 0.2) is 0 Å². The van der Waals surface area contributed by atoms with Gasteiger partial charge >= 0.3 is 122 Å². The molecule has 0 aliphatic rings. The van der Waals surface area contributed by atoms with Crippen LogP contribution in [0.15, 0.2) is 0 Å². The molecule has 0 saturated carbocycles. The Bertz CT molecular complexity index is 126. The zero-order valence-electron chi connectivity index (χ0n) is 12.8. The SMILES string of the molecule is CC[Si]([Se])(CC)CC.CC[Si]([Se])(CC)CC.[Zn]. The van der Waals surface area contributed by atoms with E-state index in [0.717, 1.165) is 0 Å². The molecule has 0 spiro atoms. The van der Waals surface area contributed by atoms with Crippen LogP contribution in [0.3, 0.4) is 0 Å². The smallest absolute Gasteiger partial charge is 0 e. The summed E-state index contributed by atoms with van der Waals surface area (Å²) in [6.45, 7) is 12.2. The van der Waals surface area contributed by atoms with Crippen molar-refractivity contribution in [3.8, 4) is 0 Å². The van der Waals surface area contributed by atoms with E-state index >= 15 is 0 Å². The third-order valence-electron chi connectivity index (χ3n) is 3.87. The molecule has 0 aliphatic heterocycles. The van der Waals surface area contributed by atoms with Crippen LogP contribution < -0.4 is 0 Å². The first kappa shape index (κ1) is 24.1. The van der Waals surface area contributed by atoms with Crippen LogP contribution in [0.4, 0.5) is 0 Å². The first-order chi connectivity index (χ1) is 7.36. The van der Waals surface area contributed by atoms with Crippen molar-refractivity contribution in [1.29, 1.82) is 0 Å². The molecule has 0 fully saturated rings. The van der Waals surface area contributed by atoms with Crippen LogP contribution in [0.2, 0.25) is 36.3 Å². The minimum atomic E-state index is -0.796. The van der Waals surface area contributed by atoms with E-state index < -0.39 is 13.4 Å². The fraction of sp³-hybridized carbons (Fsp3) is 1.00. The Hall–Kier alpha value is 2.10. The molecule has 0 N–H and O–H groups in total. The molecule has 0 unspecified atom stereocenters. The molecule has 0 atom stereocenters. The normalized spacial score (nSPS) is 11.3. The monoisotopic (exact) mass is 454 g/mol. The van der Waals surface area contributed by atoms with E-state index in [0.29, 0.717) is 0 Å². The third kappa shape index (κ3) is 11.6. The van der Waals surface area contributed by atoms with Crippen molar-refractivity contribution in [2.75, 3.05) is 0 Å². The molecule has 2 radical (unpaired) electrons. The fourth-order valence-electron chi connectivity index (χ4n) is 1.50. The molecule has 0 bridgehead atoms. The molecular weight excluding hydrogens is 424 g/mol. The number of rotatable bonds is 6. The van der Waals surface area contributed by atoms with Gasteiger partial charge in [0.05, 0.1) is 0 Å². The zero-order valence-corrected chi connectivity index (χ0v) is 21.2. The van der Waals surface area contributed by atoms with Crippen molar-refractivity contribution in [2.45, 2.75) is 77.8 Å². The van der Waals surface area contributed by atoms with Crippen molar-refractivity contribution in [1.82, 2.24) is 0 Å².